The van der Waals surface area contributed by atoms with Crippen LogP contribution in [0, 0.1) is 0 Å². The lowest BCUT2D eigenvalue weighted by Crippen LogP contribution is -2.34. The molecule has 3 nitrogen and oxygen atoms in total. The number of carbonyl (C=O) groups excluding carboxylic acids is 1. The maximum Gasteiger partial charge on any atom is 0.573 e. The van der Waals surface area contributed by atoms with E-state index in [0.29, 0.717) is 24.1 Å². The van der Waals surface area contributed by atoms with Crippen molar-refractivity contribution in [1.29, 1.82) is 0 Å². The van der Waals surface area contributed by atoms with Gasteiger partial charge in [0, 0.05) is 19.2 Å². The highest BCUT2D eigenvalue weighted by Crippen LogP contribution is 2.27. The molecule has 1 aromatic rings. The van der Waals surface area contributed by atoms with Crippen molar-refractivity contribution in [1.82, 2.24) is 4.90 Å². The molecule has 136 valence electrons. The summed E-state index contributed by atoms with van der Waals surface area (Å²) in [4.78, 5) is 13.2. The minimum atomic E-state index is -4.70. The van der Waals surface area contributed by atoms with E-state index in [1.165, 1.54) is 49.1 Å². The molecular formula is C18H26F3NO2. The van der Waals surface area contributed by atoms with E-state index in [2.05, 4.69) is 18.6 Å². The number of amides is 1. The van der Waals surface area contributed by atoms with Crippen molar-refractivity contribution >= 4 is 5.91 Å². The Balaban J connectivity index is 0.000000351. The molecular weight excluding hydrogens is 319 g/mol. The summed E-state index contributed by atoms with van der Waals surface area (Å²) in [7, 11) is 1.66. The van der Waals surface area contributed by atoms with Gasteiger partial charge in [0.05, 0.1) is 0 Å². The van der Waals surface area contributed by atoms with Crippen LogP contribution in [0.15, 0.2) is 18.2 Å². The molecule has 0 aliphatic carbocycles. The first-order valence-electron chi connectivity index (χ1n) is 8.42. The van der Waals surface area contributed by atoms with E-state index in [-0.39, 0.29) is 11.7 Å². The van der Waals surface area contributed by atoms with E-state index in [1.807, 2.05) is 0 Å². The van der Waals surface area contributed by atoms with Gasteiger partial charge in [-0.3, -0.25) is 4.79 Å². The molecule has 0 unspecified atom stereocenters. The summed E-state index contributed by atoms with van der Waals surface area (Å²) >= 11 is 0. The zero-order chi connectivity index (χ0) is 18.2. The number of ether oxygens (including phenoxy) is 1. The smallest absolute Gasteiger partial charge is 0.406 e. The van der Waals surface area contributed by atoms with Gasteiger partial charge in [-0.15, -0.1) is 13.2 Å². The summed E-state index contributed by atoms with van der Waals surface area (Å²) in [6.45, 7) is 4.99. The molecule has 2 rings (SSSR count). The lowest BCUT2D eigenvalue weighted by molar-refractivity contribution is -0.274. The highest BCUT2D eigenvalue weighted by atomic mass is 19.4. The molecule has 0 bridgehead atoms. The van der Waals surface area contributed by atoms with Gasteiger partial charge in [-0.2, -0.15) is 0 Å². The molecule has 0 radical (unpaired) electrons. The molecule has 24 heavy (non-hydrogen) atoms. The second-order valence-electron chi connectivity index (χ2n) is 5.90. The van der Waals surface area contributed by atoms with E-state index < -0.39 is 6.36 Å². The number of unbranched alkanes of at least 4 members (excludes halogenated alkanes) is 4. The fourth-order valence-electron chi connectivity index (χ4n) is 2.45. The van der Waals surface area contributed by atoms with Crippen LogP contribution in [-0.4, -0.2) is 30.8 Å². The van der Waals surface area contributed by atoms with E-state index in [9.17, 15) is 18.0 Å². The Hall–Kier alpha value is -1.72. The largest absolute Gasteiger partial charge is 0.573 e. The van der Waals surface area contributed by atoms with Crippen molar-refractivity contribution in [3.63, 3.8) is 0 Å². The number of halogens is 3. The SMILES string of the molecule is CCCCCCC.CN1CCc2cc(OC(F)(F)F)ccc2C1=O. The van der Waals surface area contributed by atoms with Crippen molar-refractivity contribution in [2.24, 2.45) is 0 Å². The van der Waals surface area contributed by atoms with Crippen LogP contribution in [0.2, 0.25) is 0 Å². The predicted molar refractivity (Wildman–Crippen MR) is 88.2 cm³/mol. The van der Waals surface area contributed by atoms with Gasteiger partial charge >= 0.3 is 6.36 Å². The van der Waals surface area contributed by atoms with Gasteiger partial charge in [0.1, 0.15) is 5.75 Å². The molecule has 0 fully saturated rings. The number of alkyl halides is 3. The average molecular weight is 345 g/mol. The Kier molecular flexibility index (Phi) is 8.08. The number of carbonyl (C=O) groups is 1. The second kappa shape index (κ2) is 9.55. The van der Waals surface area contributed by atoms with Gasteiger partial charge < -0.3 is 9.64 Å². The van der Waals surface area contributed by atoms with Gasteiger partial charge in [-0.05, 0) is 30.2 Å². The number of hydrogen-bond donors (Lipinski definition) is 0. The minimum absolute atomic E-state index is 0.176. The Bertz CT molecular complexity index is 525. The normalized spacial score (nSPS) is 13.9. The van der Waals surface area contributed by atoms with Crippen LogP contribution in [0.25, 0.3) is 0 Å². The van der Waals surface area contributed by atoms with Crippen LogP contribution in [0.5, 0.6) is 5.75 Å². The average Bonchev–Trinajstić information content (AvgIpc) is 2.51. The van der Waals surface area contributed by atoms with Crippen LogP contribution >= 0.6 is 0 Å². The Labute approximate surface area is 141 Å². The number of fused-ring (bicyclic) bond motifs is 1. The van der Waals surface area contributed by atoms with Crippen molar-refractivity contribution < 1.29 is 22.7 Å². The zero-order valence-corrected chi connectivity index (χ0v) is 14.6. The molecule has 0 N–H and O–H groups in total. The maximum atomic E-state index is 12.0. The van der Waals surface area contributed by atoms with Gasteiger partial charge in [-0.1, -0.05) is 46.0 Å². The Morgan fingerprint density at radius 3 is 2.29 bits per heavy atom. The molecule has 6 heteroatoms. The van der Waals surface area contributed by atoms with E-state index in [1.54, 1.807) is 7.05 Å². The topological polar surface area (TPSA) is 29.5 Å². The van der Waals surface area contributed by atoms with Crippen LogP contribution in [0.3, 0.4) is 0 Å². The molecule has 1 aromatic carbocycles. The first-order chi connectivity index (χ1) is 11.3. The lowest BCUT2D eigenvalue weighted by Gasteiger charge is -2.25. The van der Waals surface area contributed by atoms with Crippen LogP contribution in [0.4, 0.5) is 13.2 Å². The third kappa shape index (κ3) is 6.81. The number of rotatable bonds is 5. The Morgan fingerprint density at radius 2 is 1.75 bits per heavy atom. The molecule has 1 heterocycles. The number of benzene rings is 1. The highest BCUT2D eigenvalue weighted by Gasteiger charge is 2.32. The summed E-state index contributed by atoms with van der Waals surface area (Å²) in [6, 6.07) is 3.80. The quantitative estimate of drug-likeness (QED) is 0.687. The van der Waals surface area contributed by atoms with Crippen molar-refractivity contribution in [3.05, 3.63) is 29.3 Å². The zero-order valence-electron chi connectivity index (χ0n) is 14.6. The number of likely N-dealkylation sites (N-methyl/N-ethyl adjacent to an activating group) is 1. The molecule has 1 aliphatic heterocycles. The predicted octanol–water partition coefficient (Wildman–Crippen LogP) is 5.19. The molecule has 0 saturated heterocycles. The summed E-state index contributed by atoms with van der Waals surface area (Å²) in [5.74, 6) is -0.460. The third-order valence-electron chi connectivity index (χ3n) is 3.81. The summed E-state index contributed by atoms with van der Waals surface area (Å²) in [6.07, 6.45) is 2.84. The van der Waals surface area contributed by atoms with Crippen molar-refractivity contribution in [3.8, 4) is 5.75 Å². The van der Waals surface area contributed by atoms with Gasteiger partial charge in [0.15, 0.2) is 0 Å². The Morgan fingerprint density at radius 1 is 1.12 bits per heavy atom. The van der Waals surface area contributed by atoms with Crippen molar-refractivity contribution in [2.45, 2.75) is 58.7 Å². The van der Waals surface area contributed by atoms with E-state index in [4.69, 9.17) is 0 Å². The van der Waals surface area contributed by atoms with E-state index in [0.717, 1.165) is 6.07 Å². The fourth-order valence-corrected chi connectivity index (χ4v) is 2.45. The van der Waals surface area contributed by atoms with Gasteiger partial charge in [-0.25, -0.2) is 0 Å². The second-order valence-corrected chi connectivity index (χ2v) is 5.90. The fraction of sp³-hybridized carbons (Fsp3) is 0.611. The first-order valence-corrected chi connectivity index (χ1v) is 8.42. The summed E-state index contributed by atoms with van der Waals surface area (Å²) < 4.78 is 39.8. The minimum Gasteiger partial charge on any atom is -0.406 e. The molecule has 0 aromatic heterocycles. The molecule has 0 spiro atoms. The standard InChI is InChI=1S/C11H10F3NO2.C7H16/c1-15-5-4-7-6-8(17-11(12,13)14)2-3-9(7)10(15)16;1-3-5-7-6-4-2/h2-3,6H,4-5H2,1H3;3-7H2,1-2H3. The lowest BCUT2D eigenvalue weighted by atomic mass is 9.99. The van der Waals surface area contributed by atoms with E-state index >= 15 is 0 Å². The number of nitrogens with zero attached hydrogens (tertiary/aromatic N) is 1. The van der Waals surface area contributed by atoms with Crippen molar-refractivity contribution in [2.75, 3.05) is 13.6 Å². The van der Waals surface area contributed by atoms with Gasteiger partial charge in [0.2, 0.25) is 0 Å². The number of hydrogen-bond acceptors (Lipinski definition) is 2. The summed E-state index contributed by atoms with van der Waals surface area (Å²) in [5.41, 5.74) is 1.03. The molecule has 0 saturated carbocycles. The summed E-state index contributed by atoms with van der Waals surface area (Å²) in [5, 5.41) is 0. The third-order valence-corrected chi connectivity index (χ3v) is 3.81. The van der Waals surface area contributed by atoms with Crippen LogP contribution in [-0.2, 0) is 6.42 Å². The maximum absolute atomic E-state index is 12.0. The molecule has 0 atom stereocenters. The van der Waals surface area contributed by atoms with Gasteiger partial charge in [0.25, 0.3) is 5.91 Å². The first kappa shape index (κ1) is 20.3. The highest BCUT2D eigenvalue weighted by molar-refractivity contribution is 5.96. The van der Waals surface area contributed by atoms with Crippen LogP contribution < -0.4 is 4.74 Å². The van der Waals surface area contributed by atoms with Crippen LogP contribution in [0.1, 0.15) is 61.9 Å². The molecule has 1 aliphatic rings. The monoisotopic (exact) mass is 345 g/mol. The molecule has 1 amide bonds.